The van der Waals surface area contributed by atoms with Crippen LogP contribution in [0.5, 0.6) is 0 Å². The average molecular weight is 331 g/mol. The molecule has 3 aromatic rings. The van der Waals surface area contributed by atoms with Crippen molar-refractivity contribution in [3.63, 3.8) is 0 Å². The number of fused-ring (bicyclic) bond motifs is 1. The molecular weight excluding hydrogens is 320 g/mol. The lowest BCUT2D eigenvalue weighted by molar-refractivity contribution is 0.103. The number of carbonyl (C=O) groups is 1. The van der Waals surface area contributed by atoms with E-state index in [4.69, 9.17) is 11.6 Å². The van der Waals surface area contributed by atoms with E-state index in [0.717, 1.165) is 5.01 Å². The number of rotatable bonds is 3. The van der Waals surface area contributed by atoms with E-state index in [9.17, 15) is 4.79 Å². The first kappa shape index (κ1) is 13.6. The van der Waals surface area contributed by atoms with E-state index in [-0.39, 0.29) is 5.91 Å². The Bertz CT molecular complexity index is 875. The first-order chi connectivity index (χ1) is 10.7. The van der Waals surface area contributed by atoms with Crippen molar-refractivity contribution in [3.05, 3.63) is 45.5 Å². The van der Waals surface area contributed by atoms with Gasteiger partial charge in [0.2, 0.25) is 0 Å². The molecule has 4 rings (SSSR count). The van der Waals surface area contributed by atoms with Gasteiger partial charge in [0.1, 0.15) is 10.4 Å². The standard InChI is InChI=1S/C15H11ClN4OS/c16-9-2-1-3-10-13(9)17-7-12(19-10)20-14(21)11-6-18-15(22-11)8-4-5-8/h1-3,6-8H,4-5H2,(H,19,20,21). The Labute approximate surface area is 135 Å². The van der Waals surface area contributed by atoms with Crippen LogP contribution >= 0.6 is 22.9 Å². The maximum absolute atomic E-state index is 12.2. The van der Waals surface area contributed by atoms with E-state index >= 15 is 0 Å². The molecule has 2 heterocycles. The SMILES string of the molecule is O=C(Nc1cnc2c(Cl)cccc2n1)c1cnc(C2CC2)s1. The van der Waals surface area contributed by atoms with Crippen molar-refractivity contribution in [1.29, 1.82) is 0 Å². The molecule has 0 saturated heterocycles. The third kappa shape index (κ3) is 2.55. The fourth-order valence-electron chi connectivity index (χ4n) is 2.16. The third-order valence-corrected chi connectivity index (χ3v) is 4.90. The molecular formula is C15H11ClN4OS. The van der Waals surface area contributed by atoms with Crippen molar-refractivity contribution < 1.29 is 4.79 Å². The van der Waals surface area contributed by atoms with E-state index in [1.54, 1.807) is 18.3 Å². The Hall–Kier alpha value is -2.05. The minimum atomic E-state index is -0.208. The van der Waals surface area contributed by atoms with Crippen molar-refractivity contribution in [1.82, 2.24) is 15.0 Å². The molecule has 1 aromatic carbocycles. The number of hydrogen-bond donors (Lipinski definition) is 1. The zero-order valence-electron chi connectivity index (χ0n) is 11.4. The summed E-state index contributed by atoms with van der Waals surface area (Å²) in [6.07, 6.45) is 5.48. The summed E-state index contributed by atoms with van der Waals surface area (Å²) in [6, 6.07) is 5.37. The number of hydrogen-bond acceptors (Lipinski definition) is 5. The van der Waals surface area contributed by atoms with E-state index in [0.29, 0.717) is 32.7 Å². The van der Waals surface area contributed by atoms with Crippen LogP contribution in [0.4, 0.5) is 5.82 Å². The molecule has 0 bridgehead atoms. The van der Waals surface area contributed by atoms with Crippen LogP contribution in [0, 0.1) is 0 Å². The Balaban J connectivity index is 1.57. The molecule has 1 saturated carbocycles. The van der Waals surface area contributed by atoms with E-state index in [1.807, 2.05) is 6.07 Å². The van der Waals surface area contributed by atoms with E-state index < -0.39 is 0 Å². The summed E-state index contributed by atoms with van der Waals surface area (Å²) in [5, 5.41) is 4.34. The number of benzene rings is 1. The summed E-state index contributed by atoms with van der Waals surface area (Å²) >= 11 is 7.50. The number of thiazole rings is 1. The second-order valence-electron chi connectivity index (χ2n) is 5.15. The second-order valence-corrected chi connectivity index (χ2v) is 6.62. The molecule has 22 heavy (non-hydrogen) atoms. The largest absolute Gasteiger partial charge is 0.304 e. The maximum Gasteiger partial charge on any atom is 0.268 e. The van der Waals surface area contributed by atoms with Crippen molar-refractivity contribution >= 4 is 45.7 Å². The highest BCUT2D eigenvalue weighted by molar-refractivity contribution is 7.13. The average Bonchev–Trinajstić information content (AvgIpc) is 3.24. The zero-order chi connectivity index (χ0) is 15.1. The van der Waals surface area contributed by atoms with E-state index in [2.05, 4.69) is 20.3 Å². The number of nitrogens with one attached hydrogen (secondary N) is 1. The van der Waals surface area contributed by atoms with Crippen LogP contribution in [-0.2, 0) is 0 Å². The highest BCUT2D eigenvalue weighted by Gasteiger charge is 2.27. The summed E-state index contributed by atoms with van der Waals surface area (Å²) in [7, 11) is 0. The summed E-state index contributed by atoms with van der Waals surface area (Å²) in [5.74, 6) is 0.746. The van der Waals surface area contributed by atoms with Gasteiger partial charge in [-0.3, -0.25) is 4.79 Å². The number of amides is 1. The minimum absolute atomic E-state index is 0.208. The quantitative estimate of drug-likeness (QED) is 0.791. The second kappa shape index (κ2) is 5.30. The molecule has 0 spiro atoms. The van der Waals surface area contributed by atoms with Gasteiger partial charge in [0.15, 0.2) is 5.82 Å². The topological polar surface area (TPSA) is 67.8 Å². The van der Waals surface area contributed by atoms with Crippen LogP contribution in [0.2, 0.25) is 5.02 Å². The van der Waals surface area contributed by atoms with Gasteiger partial charge in [-0.25, -0.2) is 15.0 Å². The molecule has 1 aliphatic rings. The molecule has 7 heteroatoms. The molecule has 2 aromatic heterocycles. The smallest absolute Gasteiger partial charge is 0.268 e. The molecule has 0 atom stereocenters. The summed E-state index contributed by atoms with van der Waals surface area (Å²) < 4.78 is 0. The molecule has 0 radical (unpaired) electrons. The molecule has 5 nitrogen and oxygen atoms in total. The lowest BCUT2D eigenvalue weighted by Gasteiger charge is -2.04. The fraction of sp³-hybridized carbons (Fsp3) is 0.200. The highest BCUT2D eigenvalue weighted by Crippen LogP contribution is 2.41. The number of halogens is 1. The van der Waals surface area contributed by atoms with Crippen LogP contribution in [0.1, 0.15) is 33.4 Å². The van der Waals surface area contributed by atoms with Crippen molar-refractivity contribution in [2.24, 2.45) is 0 Å². The molecule has 110 valence electrons. The van der Waals surface area contributed by atoms with Crippen molar-refractivity contribution in [2.45, 2.75) is 18.8 Å². The molecule has 0 aliphatic heterocycles. The first-order valence-corrected chi connectivity index (χ1v) is 8.08. The van der Waals surface area contributed by atoms with Crippen molar-refractivity contribution in [2.75, 3.05) is 5.32 Å². The van der Waals surface area contributed by atoms with Gasteiger partial charge in [0, 0.05) is 5.92 Å². The minimum Gasteiger partial charge on any atom is -0.304 e. The maximum atomic E-state index is 12.2. The predicted molar refractivity (Wildman–Crippen MR) is 86.6 cm³/mol. The fourth-order valence-corrected chi connectivity index (χ4v) is 3.36. The van der Waals surface area contributed by atoms with Crippen LogP contribution in [0.3, 0.4) is 0 Å². The van der Waals surface area contributed by atoms with Crippen LogP contribution < -0.4 is 5.32 Å². The Morgan fingerprint density at radius 2 is 2.14 bits per heavy atom. The number of aromatic nitrogens is 3. The number of para-hydroxylation sites is 1. The first-order valence-electron chi connectivity index (χ1n) is 6.89. The zero-order valence-corrected chi connectivity index (χ0v) is 13.0. The van der Waals surface area contributed by atoms with Gasteiger partial charge in [0.25, 0.3) is 5.91 Å². The lowest BCUT2D eigenvalue weighted by atomic mass is 10.3. The number of nitrogens with zero attached hydrogens (tertiary/aromatic N) is 3. The normalized spacial score (nSPS) is 14.2. The van der Waals surface area contributed by atoms with Gasteiger partial charge in [-0.1, -0.05) is 17.7 Å². The van der Waals surface area contributed by atoms with Crippen LogP contribution in [-0.4, -0.2) is 20.9 Å². The third-order valence-electron chi connectivity index (χ3n) is 3.44. The lowest BCUT2D eigenvalue weighted by Crippen LogP contribution is -2.11. The van der Waals surface area contributed by atoms with Crippen LogP contribution in [0.25, 0.3) is 11.0 Å². The number of anilines is 1. The summed E-state index contributed by atoms with van der Waals surface area (Å²) in [5.41, 5.74) is 1.27. The molecule has 1 N–H and O–H groups in total. The Kier molecular flexibility index (Phi) is 3.28. The van der Waals surface area contributed by atoms with Gasteiger partial charge in [-0.05, 0) is 25.0 Å². The summed E-state index contributed by atoms with van der Waals surface area (Å²) in [4.78, 5) is 25.7. The van der Waals surface area contributed by atoms with Crippen LogP contribution in [0.15, 0.2) is 30.6 Å². The number of carbonyl (C=O) groups excluding carboxylic acids is 1. The van der Waals surface area contributed by atoms with E-state index in [1.165, 1.54) is 30.4 Å². The van der Waals surface area contributed by atoms with Gasteiger partial charge in [-0.15, -0.1) is 11.3 Å². The van der Waals surface area contributed by atoms with Crippen molar-refractivity contribution in [3.8, 4) is 0 Å². The summed E-state index contributed by atoms with van der Waals surface area (Å²) in [6.45, 7) is 0. The molecule has 1 amide bonds. The van der Waals surface area contributed by atoms with Gasteiger partial charge < -0.3 is 5.32 Å². The Morgan fingerprint density at radius 3 is 2.95 bits per heavy atom. The predicted octanol–water partition coefficient (Wildman–Crippen LogP) is 3.87. The van der Waals surface area contributed by atoms with Gasteiger partial charge in [0.05, 0.1) is 27.9 Å². The highest BCUT2D eigenvalue weighted by atomic mass is 35.5. The Morgan fingerprint density at radius 1 is 1.27 bits per heavy atom. The molecule has 0 unspecified atom stereocenters. The van der Waals surface area contributed by atoms with Gasteiger partial charge in [-0.2, -0.15) is 0 Å². The molecule has 1 fully saturated rings. The molecule has 1 aliphatic carbocycles. The monoisotopic (exact) mass is 330 g/mol. The van der Waals surface area contributed by atoms with Gasteiger partial charge >= 0.3 is 0 Å².